The molecule has 2 fully saturated rings. The summed E-state index contributed by atoms with van der Waals surface area (Å²) in [6, 6.07) is 9.12. The summed E-state index contributed by atoms with van der Waals surface area (Å²) in [6.07, 6.45) is 2.11. The van der Waals surface area contributed by atoms with Crippen molar-refractivity contribution in [2.75, 3.05) is 0 Å². The lowest BCUT2D eigenvalue weighted by Crippen LogP contribution is -2.49. The molecule has 1 N–H and O–H groups in total. The maximum atomic E-state index is 12.8. The van der Waals surface area contributed by atoms with Crippen LogP contribution in [-0.4, -0.2) is 29.1 Å². The second-order valence-electron chi connectivity index (χ2n) is 6.41. The molecule has 26 heavy (non-hydrogen) atoms. The first-order chi connectivity index (χ1) is 12.6. The third kappa shape index (κ3) is 3.19. The van der Waals surface area contributed by atoms with E-state index in [2.05, 4.69) is 22.1 Å². The number of epoxide rings is 1. The zero-order chi connectivity index (χ0) is 18.3. The first kappa shape index (κ1) is 17.4. The van der Waals surface area contributed by atoms with Crippen LogP contribution in [0.3, 0.4) is 0 Å². The Bertz CT molecular complexity index is 897. The number of carbonyl (C=O) groups is 1. The second kappa shape index (κ2) is 6.92. The van der Waals surface area contributed by atoms with Gasteiger partial charge >= 0.3 is 0 Å². The molecular weight excluding hydrogens is 371 g/mol. The quantitative estimate of drug-likeness (QED) is 0.649. The van der Waals surface area contributed by atoms with Crippen molar-refractivity contribution in [2.24, 2.45) is 0 Å². The summed E-state index contributed by atoms with van der Waals surface area (Å²) in [4.78, 5) is 17.1. The van der Waals surface area contributed by atoms with E-state index in [0.29, 0.717) is 22.0 Å². The Morgan fingerprint density at radius 3 is 2.65 bits per heavy atom. The van der Waals surface area contributed by atoms with Gasteiger partial charge in [0.15, 0.2) is 0 Å². The zero-order valence-electron chi connectivity index (χ0n) is 14.0. The van der Waals surface area contributed by atoms with E-state index in [4.69, 9.17) is 27.9 Å². The Balaban J connectivity index is 1.58. The maximum absolute atomic E-state index is 12.8. The zero-order valence-corrected chi connectivity index (χ0v) is 15.5. The van der Waals surface area contributed by atoms with Crippen molar-refractivity contribution in [3.63, 3.8) is 0 Å². The number of piperidine rings is 1. The van der Waals surface area contributed by atoms with Gasteiger partial charge in [0.05, 0.1) is 12.0 Å². The SMILES string of the molecule is CC#Cc1cc(Cl)c(C2C(=O)NC(Cc3ccccn3)C3OC23)c(Cl)c1. The van der Waals surface area contributed by atoms with Gasteiger partial charge in [-0.15, -0.1) is 5.92 Å². The molecule has 4 rings (SSSR count). The van der Waals surface area contributed by atoms with Crippen LogP contribution in [-0.2, 0) is 16.0 Å². The highest BCUT2D eigenvalue weighted by Crippen LogP contribution is 2.46. The summed E-state index contributed by atoms with van der Waals surface area (Å²) in [7, 11) is 0. The smallest absolute Gasteiger partial charge is 0.230 e. The first-order valence-electron chi connectivity index (χ1n) is 8.36. The average Bonchev–Trinajstić information content (AvgIpc) is 3.39. The fourth-order valence-corrected chi connectivity index (χ4v) is 4.26. The fourth-order valence-electron chi connectivity index (χ4n) is 3.54. The molecule has 1 amide bonds. The van der Waals surface area contributed by atoms with E-state index in [9.17, 15) is 4.79 Å². The Morgan fingerprint density at radius 2 is 2.00 bits per heavy atom. The van der Waals surface area contributed by atoms with Gasteiger partial charge in [-0.1, -0.05) is 35.2 Å². The van der Waals surface area contributed by atoms with Gasteiger partial charge in [-0.05, 0) is 31.2 Å². The van der Waals surface area contributed by atoms with Crippen LogP contribution in [0.15, 0.2) is 36.5 Å². The number of fused-ring (bicyclic) bond motifs is 1. The summed E-state index contributed by atoms with van der Waals surface area (Å²) in [5.41, 5.74) is 2.25. The Kier molecular flexibility index (Phi) is 4.62. The molecule has 2 aliphatic rings. The van der Waals surface area contributed by atoms with Crippen LogP contribution < -0.4 is 5.32 Å². The summed E-state index contributed by atoms with van der Waals surface area (Å²) in [5.74, 6) is 5.11. The molecule has 4 unspecified atom stereocenters. The van der Waals surface area contributed by atoms with Gasteiger partial charge in [0.1, 0.15) is 12.2 Å². The van der Waals surface area contributed by atoms with Crippen LogP contribution >= 0.6 is 23.2 Å². The number of amides is 1. The van der Waals surface area contributed by atoms with Crippen LogP contribution in [0.1, 0.15) is 29.7 Å². The lowest BCUT2D eigenvalue weighted by molar-refractivity contribution is -0.124. The van der Waals surface area contributed by atoms with Gasteiger partial charge in [-0.3, -0.25) is 9.78 Å². The number of benzene rings is 1. The van der Waals surface area contributed by atoms with Crippen LogP contribution in [0.5, 0.6) is 0 Å². The monoisotopic (exact) mass is 386 g/mol. The number of ether oxygens (including phenoxy) is 1. The number of pyridine rings is 1. The molecule has 1 aromatic heterocycles. The van der Waals surface area contributed by atoms with Crippen molar-refractivity contribution in [3.05, 3.63) is 63.4 Å². The summed E-state index contributed by atoms with van der Waals surface area (Å²) in [5, 5.41) is 3.93. The van der Waals surface area contributed by atoms with E-state index in [1.165, 1.54) is 0 Å². The van der Waals surface area contributed by atoms with Crippen molar-refractivity contribution in [3.8, 4) is 11.8 Å². The van der Waals surface area contributed by atoms with E-state index >= 15 is 0 Å². The fraction of sp³-hybridized carbons (Fsp3) is 0.300. The van der Waals surface area contributed by atoms with E-state index in [1.54, 1.807) is 25.3 Å². The standard InChI is InChI=1S/C20H16Cl2N2O2/c1-2-5-11-8-13(21)16(14(22)9-11)17-19-18(26-19)15(24-20(17)25)10-12-6-3-4-7-23-12/h3-4,6-9,15,17-19H,10H2,1H3,(H,24,25). The van der Waals surface area contributed by atoms with Crippen LogP contribution in [0.4, 0.5) is 0 Å². The lowest BCUT2D eigenvalue weighted by Gasteiger charge is -2.27. The molecule has 0 saturated carbocycles. The molecule has 4 atom stereocenters. The number of nitrogens with one attached hydrogen (secondary N) is 1. The number of hydrogen-bond donors (Lipinski definition) is 1. The molecule has 0 spiro atoms. The molecule has 2 aromatic rings. The van der Waals surface area contributed by atoms with Crippen LogP contribution in [0.25, 0.3) is 0 Å². The summed E-state index contributed by atoms with van der Waals surface area (Å²) >= 11 is 12.8. The van der Waals surface area contributed by atoms with Gasteiger partial charge in [-0.25, -0.2) is 0 Å². The highest BCUT2D eigenvalue weighted by molar-refractivity contribution is 6.36. The van der Waals surface area contributed by atoms with Crippen LogP contribution in [0, 0.1) is 11.8 Å². The third-order valence-corrected chi connectivity index (χ3v) is 5.34. The Labute approximate surface area is 161 Å². The minimum absolute atomic E-state index is 0.0538. The Hall–Kier alpha value is -2.06. The van der Waals surface area contributed by atoms with Gasteiger partial charge in [0, 0.05) is 39.5 Å². The van der Waals surface area contributed by atoms with Gasteiger partial charge in [-0.2, -0.15) is 0 Å². The van der Waals surface area contributed by atoms with E-state index in [-0.39, 0.29) is 24.2 Å². The minimum Gasteiger partial charge on any atom is -0.366 e. The summed E-state index contributed by atoms with van der Waals surface area (Å²) < 4.78 is 5.83. The molecule has 1 aromatic carbocycles. The molecule has 4 nitrogen and oxygen atoms in total. The highest BCUT2D eigenvalue weighted by Gasteiger charge is 2.57. The second-order valence-corrected chi connectivity index (χ2v) is 7.23. The molecule has 132 valence electrons. The molecule has 2 aliphatic heterocycles. The van der Waals surface area contributed by atoms with E-state index in [0.717, 1.165) is 11.3 Å². The number of hydrogen-bond acceptors (Lipinski definition) is 3. The van der Waals surface area contributed by atoms with Crippen molar-refractivity contribution in [2.45, 2.75) is 37.5 Å². The topological polar surface area (TPSA) is 54.5 Å². The molecule has 2 saturated heterocycles. The van der Waals surface area contributed by atoms with Crippen molar-refractivity contribution >= 4 is 29.1 Å². The predicted octanol–water partition coefficient (Wildman–Crippen LogP) is 3.35. The first-order valence-corrected chi connectivity index (χ1v) is 9.11. The van der Waals surface area contributed by atoms with Gasteiger partial charge in [0.25, 0.3) is 0 Å². The highest BCUT2D eigenvalue weighted by atomic mass is 35.5. The van der Waals surface area contributed by atoms with E-state index in [1.807, 2.05) is 18.2 Å². The summed E-state index contributed by atoms with van der Waals surface area (Å²) in [6.45, 7) is 1.74. The number of halogens is 2. The largest absolute Gasteiger partial charge is 0.366 e. The molecule has 6 heteroatoms. The molecular formula is C20H16Cl2N2O2. The lowest BCUT2D eigenvalue weighted by atomic mass is 9.86. The van der Waals surface area contributed by atoms with E-state index < -0.39 is 5.92 Å². The van der Waals surface area contributed by atoms with Gasteiger partial charge < -0.3 is 10.1 Å². The number of carbonyl (C=O) groups excluding carboxylic acids is 1. The Morgan fingerprint density at radius 1 is 1.23 bits per heavy atom. The number of rotatable bonds is 3. The average molecular weight is 387 g/mol. The van der Waals surface area contributed by atoms with Gasteiger partial charge in [0.2, 0.25) is 5.91 Å². The maximum Gasteiger partial charge on any atom is 0.230 e. The van der Waals surface area contributed by atoms with Crippen LogP contribution in [0.2, 0.25) is 10.0 Å². The normalized spacial score (nSPS) is 26.3. The predicted molar refractivity (Wildman–Crippen MR) is 100 cm³/mol. The van der Waals surface area contributed by atoms with Crippen molar-refractivity contribution in [1.29, 1.82) is 0 Å². The molecule has 0 aliphatic carbocycles. The van der Waals surface area contributed by atoms with Crippen molar-refractivity contribution in [1.82, 2.24) is 10.3 Å². The molecule has 0 radical (unpaired) electrons. The molecule has 3 heterocycles. The third-order valence-electron chi connectivity index (χ3n) is 4.71. The number of aromatic nitrogens is 1. The van der Waals surface area contributed by atoms with Crippen molar-refractivity contribution < 1.29 is 9.53 Å². The number of nitrogens with zero attached hydrogens (tertiary/aromatic N) is 1. The molecule has 0 bridgehead atoms. The minimum atomic E-state index is -0.511.